The van der Waals surface area contributed by atoms with Crippen LogP contribution in [0.25, 0.3) is 16.4 Å². The number of piperidine rings is 1. The van der Waals surface area contributed by atoms with Crippen molar-refractivity contribution in [3.05, 3.63) is 78.4 Å². The standard InChI is InChI=1S/C31H36N8O2/c1-3-26-27(36-31(40)41-16-13-22-11-14-37(2)15-12-22)20-39-29(26)30(32-21-34-39)35-25-9-10-28-24(17-25)18-33-38(28)19-23-7-5-4-6-8-23/h4-10,17-18,20-22H,3,11-16,19H2,1-2H3,(H,36,40)(H,32,34,35). The van der Waals surface area contributed by atoms with Gasteiger partial charge in [0.1, 0.15) is 11.8 Å². The number of hydrogen-bond donors (Lipinski definition) is 2. The number of rotatable bonds is 9. The number of anilines is 3. The average Bonchev–Trinajstić information content (AvgIpc) is 3.55. The number of aromatic nitrogens is 5. The molecule has 1 saturated heterocycles. The minimum Gasteiger partial charge on any atom is -0.449 e. The molecular weight excluding hydrogens is 516 g/mol. The van der Waals surface area contributed by atoms with Gasteiger partial charge in [-0.25, -0.2) is 14.3 Å². The summed E-state index contributed by atoms with van der Waals surface area (Å²) in [7, 11) is 2.15. The highest BCUT2D eigenvalue weighted by atomic mass is 16.5. The van der Waals surface area contributed by atoms with Crippen molar-refractivity contribution < 1.29 is 9.53 Å². The molecule has 4 heterocycles. The van der Waals surface area contributed by atoms with Crippen LogP contribution in [-0.2, 0) is 17.7 Å². The Balaban J connectivity index is 1.15. The Bertz CT molecular complexity index is 1640. The summed E-state index contributed by atoms with van der Waals surface area (Å²) in [6, 6.07) is 16.5. The molecule has 0 aliphatic carbocycles. The molecule has 41 heavy (non-hydrogen) atoms. The van der Waals surface area contributed by atoms with Crippen molar-refractivity contribution in [1.82, 2.24) is 29.3 Å². The lowest BCUT2D eigenvalue weighted by molar-refractivity contribution is 0.139. The highest BCUT2D eigenvalue weighted by Crippen LogP contribution is 2.31. The van der Waals surface area contributed by atoms with E-state index in [2.05, 4.69) is 69.0 Å². The van der Waals surface area contributed by atoms with Crippen molar-refractivity contribution in [3.63, 3.8) is 0 Å². The van der Waals surface area contributed by atoms with Crippen molar-refractivity contribution in [1.29, 1.82) is 0 Å². The Morgan fingerprint density at radius 1 is 1.10 bits per heavy atom. The maximum Gasteiger partial charge on any atom is 0.411 e. The first-order valence-corrected chi connectivity index (χ1v) is 14.3. The molecule has 1 amide bonds. The molecule has 0 saturated carbocycles. The van der Waals surface area contributed by atoms with E-state index in [0.717, 1.165) is 60.0 Å². The van der Waals surface area contributed by atoms with Gasteiger partial charge in [0.15, 0.2) is 5.82 Å². The molecule has 0 bridgehead atoms. The number of aryl methyl sites for hydroxylation is 1. The zero-order chi connectivity index (χ0) is 28.2. The molecule has 6 rings (SSSR count). The molecule has 1 aliphatic rings. The van der Waals surface area contributed by atoms with Gasteiger partial charge in [-0.15, -0.1) is 0 Å². The molecule has 0 radical (unpaired) electrons. The summed E-state index contributed by atoms with van der Waals surface area (Å²) in [5, 5.41) is 16.4. The molecular formula is C31H36N8O2. The second-order valence-electron chi connectivity index (χ2n) is 10.8. The molecule has 0 spiro atoms. The van der Waals surface area contributed by atoms with Crippen LogP contribution in [0, 0.1) is 5.92 Å². The zero-order valence-corrected chi connectivity index (χ0v) is 23.6. The van der Waals surface area contributed by atoms with Crippen LogP contribution in [0.15, 0.2) is 67.3 Å². The second kappa shape index (κ2) is 12.0. The molecule has 2 aromatic carbocycles. The lowest BCUT2D eigenvalue weighted by Gasteiger charge is -2.28. The Hall–Kier alpha value is -4.44. The van der Waals surface area contributed by atoms with Gasteiger partial charge in [0.2, 0.25) is 0 Å². The summed E-state index contributed by atoms with van der Waals surface area (Å²) < 4.78 is 9.30. The van der Waals surface area contributed by atoms with Crippen LogP contribution in [0.5, 0.6) is 0 Å². The van der Waals surface area contributed by atoms with Crippen LogP contribution >= 0.6 is 0 Å². The largest absolute Gasteiger partial charge is 0.449 e. The van der Waals surface area contributed by atoms with Crippen molar-refractivity contribution in [2.45, 2.75) is 39.2 Å². The number of fused-ring (bicyclic) bond motifs is 2. The number of carbonyl (C=O) groups excluding carboxylic acids is 1. The lowest BCUT2D eigenvalue weighted by atomic mass is 9.94. The Morgan fingerprint density at radius 3 is 2.73 bits per heavy atom. The summed E-state index contributed by atoms with van der Waals surface area (Å²) in [4.78, 5) is 19.5. The average molecular weight is 553 g/mol. The number of nitrogens with zero attached hydrogens (tertiary/aromatic N) is 6. The van der Waals surface area contributed by atoms with Crippen LogP contribution in [0.3, 0.4) is 0 Å². The molecule has 3 aromatic heterocycles. The van der Waals surface area contributed by atoms with Crippen molar-refractivity contribution in [2.75, 3.05) is 37.4 Å². The molecule has 1 aliphatic heterocycles. The fraction of sp³-hybridized carbons (Fsp3) is 0.355. The third kappa shape index (κ3) is 6.02. The van der Waals surface area contributed by atoms with E-state index in [1.807, 2.05) is 41.3 Å². The highest BCUT2D eigenvalue weighted by molar-refractivity contribution is 5.91. The van der Waals surface area contributed by atoms with Crippen LogP contribution in [-0.4, -0.2) is 62.1 Å². The van der Waals surface area contributed by atoms with E-state index in [4.69, 9.17) is 4.74 Å². The van der Waals surface area contributed by atoms with E-state index >= 15 is 0 Å². The smallest absolute Gasteiger partial charge is 0.411 e. The van der Waals surface area contributed by atoms with Crippen LogP contribution in [0.2, 0.25) is 0 Å². The molecule has 10 heteroatoms. The predicted octanol–water partition coefficient (Wildman–Crippen LogP) is 5.71. The summed E-state index contributed by atoms with van der Waals surface area (Å²) in [6.45, 7) is 5.40. The van der Waals surface area contributed by atoms with E-state index in [1.54, 1.807) is 4.52 Å². The highest BCUT2D eigenvalue weighted by Gasteiger charge is 2.19. The van der Waals surface area contributed by atoms with E-state index in [0.29, 0.717) is 37.0 Å². The summed E-state index contributed by atoms with van der Waals surface area (Å²) >= 11 is 0. The minimum atomic E-state index is -0.441. The van der Waals surface area contributed by atoms with Crippen LogP contribution in [0.4, 0.5) is 22.0 Å². The number of ether oxygens (including phenoxy) is 1. The SMILES string of the molecule is CCc1c(NC(=O)OCCC2CCN(C)CC2)cn2ncnc(Nc3ccc4c(cnn4Cc4ccccc4)c3)c12. The maximum atomic E-state index is 12.7. The quantitative estimate of drug-likeness (QED) is 0.241. The normalized spacial score (nSPS) is 14.5. The van der Waals surface area contributed by atoms with Crippen molar-refractivity contribution in [2.24, 2.45) is 5.92 Å². The number of carbonyl (C=O) groups is 1. The molecule has 1 fully saturated rings. The van der Waals surface area contributed by atoms with Gasteiger partial charge < -0.3 is 15.0 Å². The lowest BCUT2D eigenvalue weighted by Crippen LogP contribution is -2.30. The summed E-state index contributed by atoms with van der Waals surface area (Å²) in [6.07, 6.45) is 8.67. The number of benzene rings is 2. The first-order valence-electron chi connectivity index (χ1n) is 14.3. The van der Waals surface area contributed by atoms with Gasteiger partial charge in [0, 0.05) is 16.6 Å². The monoisotopic (exact) mass is 552 g/mol. The third-order valence-corrected chi connectivity index (χ3v) is 7.95. The van der Waals surface area contributed by atoms with Crippen LogP contribution < -0.4 is 10.6 Å². The topological polar surface area (TPSA) is 102 Å². The third-order valence-electron chi connectivity index (χ3n) is 7.95. The first-order chi connectivity index (χ1) is 20.1. The fourth-order valence-corrected chi connectivity index (χ4v) is 5.63. The van der Waals surface area contributed by atoms with Gasteiger partial charge in [-0.1, -0.05) is 37.3 Å². The Kier molecular flexibility index (Phi) is 7.82. The second-order valence-corrected chi connectivity index (χ2v) is 10.8. The van der Waals surface area contributed by atoms with E-state index in [9.17, 15) is 4.79 Å². The van der Waals surface area contributed by atoms with E-state index in [-0.39, 0.29) is 0 Å². The van der Waals surface area contributed by atoms with Gasteiger partial charge in [0.25, 0.3) is 0 Å². The van der Waals surface area contributed by atoms with Crippen LogP contribution in [0.1, 0.15) is 37.3 Å². The molecule has 2 N–H and O–H groups in total. The molecule has 0 unspecified atom stereocenters. The van der Waals surface area contributed by atoms with Gasteiger partial charge >= 0.3 is 6.09 Å². The Labute approximate surface area is 239 Å². The summed E-state index contributed by atoms with van der Waals surface area (Å²) in [5.74, 6) is 1.28. The zero-order valence-electron chi connectivity index (χ0n) is 23.6. The Morgan fingerprint density at radius 2 is 1.93 bits per heavy atom. The number of likely N-dealkylation sites (tertiary alicyclic amines) is 1. The molecule has 0 atom stereocenters. The van der Waals surface area contributed by atoms with Gasteiger partial charge in [-0.2, -0.15) is 10.2 Å². The van der Waals surface area contributed by atoms with E-state index < -0.39 is 6.09 Å². The first kappa shape index (κ1) is 26.8. The number of amides is 1. The maximum absolute atomic E-state index is 12.7. The molecule has 5 aromatic rings. The fourth-order valence-electron chi connectivity index (χ4n) is 5.63. The van der Waals surface area contributed by atoms with Gasteiger partial charge in [0.05, 0.1) is 36.7 Å². The van der Waals surface area contributed by atoms with E-state index in [1.165, 1.54) is 11.9 Å². The summed E-state index contributed by atoms with van der Waals surface area (Å²) in [5.41, 5.74) is 5.59. The number of hydrogen-bond acceptors (Lipinski definition) is 7. The molecule has 212 valence electrons. The van der Waals surface area contributed by atoms with Gasteiger partial charge in [-0.05, 0) is 75.5 Å². The minimum absolute atomic E-state index is 0.423. The van der Waals surface area contributed by atoms with Gasteiger partial charge in [-0.3, -0.25) is 10.00 Å². The molecule has 10 nitrogen and oxygen atoms in total. The van der Waals surface area contributed by atoms with Crippen molar-refractivity contribution >= 4 is 39.7 Å². The predicted molar refractivity (Wildman–Crippen MR) is 161 cm³/mol. The van der Waals surface area contributed by atoms with Crippen molar-refractivity contribution in [3.8, 4) is 0 Å². The number of nitrogens with one attached hydrogen (secondary N) is 2.